The molecule has 1 atom stereocenters. The van der Waals surface area contributed by atoms with E-state index in [9.17, 15) is 4.79 Å². The Hall–Kier alpha value is -0.730. The van der Waals surface area contributed by atoms with Gasteiger partial charge in [0, 0.05) is 6.54 Å². The number of hydrogen-bond donors (Lipinski definition) is 0. The van der Waals surface area contributed by atoms with Crippen LogP contribution in [0.25, 0.3) is 0 Å². The molecule has 0 aromatic rings. The van der Waals surface area contributed by atoms with Crippen molar-refractivity contribution < 1.29 is 9.53 Å². The van der Waals surface area contributed by atoms with Gasteiger partial charge in [0.15, 0.2) is 0 Å². The first-order valence-corrected chi connectivity index (χ1v) is 4.40. The van der Waals surface area contributed by atoms with E-state index in [1.165, 1.54) is 0 Å². The van der Waals surface area contributed by atoms with Gasteiger partial charge in [0.25, 0.3) is 0 Å². The van der Waals surface area contributed by atoms with E-state index in [2.05, 4.69) is 20.8 Å². The largest absolute Gasteiger partial charge is 0.450 e. The number of ether oxygens (including phenoxy) is 1. The summed E-state index contributed by atoms with van der Waals surface area (Å²) < 4.78 is 4.88. The first kappa shape index (κ1) is 9.36. The monoisotopic (exact) mass is 171 g/mol. The molecule has 0 aromatic carbocycles. The Morgan fingerprint density at radius 3 is 2.50 bits per heavy atom. The molecule has 0 radical (unpaired) electrons. The van der Waals surface area contributed by atoms with E-state index >= 15 is 0 Å². The van der Waals surface area contributed by atoms with Crippen LogP contribution in [0, 0.1) is 5.41 Å². The number of carbonyl (C=O) groups excluding carboxylic acids is 1. The zero-order valence-electron chi connectivity index (χ0n) is 8.26. The molecular formula is C9H17NO2. The van der Waals surface area contributed by atoms with Gasteiger partial charge in [-0.2, -0.15) is 0 Å². The fraction of sp³-hybridized carbons (Fsp3) is 0.889. The topological polar surface area (TPSA) is 29.3 Å². The van der Waals surface area contributed by atoms with Gasteiger partial charge in [0.1, 0.15) is 0 Å². The molecule has 0 N–H and O–H groups in total. The molecule has 0 saturated carbocycles. The Kier molecular flexibility index (Phi) is 2.31. The third kappa shape index (κ3) is 1.90. The second-order valence-corrected chi connectivity index (χ2v) is 4.23. The minimum atomic E-state index is -0.169. The lowest BCUT2D eigenvalue weighted by Gasteiger charge is -2.17. The first-order chi connectivity index (χ1) is 5.46. The normalized spacial score (nSPS) is 22.3. The summed E-state index contributed by atoms with van der Waals surface area (Å²) in [6.45, 7) is 9.55. The summed E-state index contributed by atoms with van der Waals surface area (Å²) in [4.78, 5) is 12.9. The molecule has 1 aliphatic rings. The van der Waals surface area contributed by atoms with E-state index in [-0.39, 0.29) is 11.5 Å². The molecule has 12 heavy (non-hydrogen) atoms. The molecule has 0 spiro atoms. The SMILES string of the molecule is CCOC(=O)N1CC1C(C)(C)C. The van der Waals surface area contributed by atoms with Crippen molar-refractivity contribution in [1.29, 1.82) is 0 Å². The highest BCUT2D eigenvalue weighted by Crippen LogP contribution is 2.35. The maximum atomic E-state index is 11.2. The van der Waals surface area contributed by atoms with Gasteiger partial charge in [-0.1, -0.05) is 20.8 Å². The van der Waals surface area contributed by atoms with Crippen LogP contribution in [0.15, 0.2) is 0 Å². The summed E-state index contributed by atoms with van der Waals surface area (Å²) in [7, 11) is 0. The molecule has 1 amide bonds. The maximum Gasteiger partial charge on any atom is 0.410 e. The predicted octanol–water partition coefficient (Wildman–Crippen LogP) is 1.87. The van der Waals surface area contributed by atoms with Gasteiger partial charge in [0.2, 0.25) is 0 Å². The van der Waals surface area contributed by atoms with E-state index in [4.69, 9.17) is 4.74 Å². The van der Waals surface area contributed by atoms with Crippen molar-refractivity contribution in [1.82, 2.24) is 4.90 Å². The molecule has 1 rings (SSSR count). The summed E-state index contributed by atoms with van der Waals surface area (Å²) >= 11 is 0. The highest BCUT2D eigenvalue weighted by atomic mass is 16.6. The second-order valence-electron chi connectivity index (χ2n) is 4.23. The quantitative estimate of drug-likeness (QED) is 0.564. The number of rotatable bonds is 1. The Labute approximate surface area is 73.7 Å². The second kappa shape index (κ2) is 2.96. The Balaban J connectivity index is 2.37. The van der Waals surface area contributed by atoms with Crippen molar-refractivity contribution >= 4 is 6.09 Å². The lowest BCUT2D eigenvalue weighted by molar-refractivity contribution is 0.129. The number of hydrogen-bond acceptors (Lipinski definition) is 2. The molecule has 1 aliphatic heterocycles. The fourth-order valence-electron chi connectivity index (χ4n) is 1.29. The summed E-state index contributed by atoms with van der Waals surface area (Å²) in [6, 6.07) is 0.372. The van der Waals surface area contributed by atoms with Gasteiger partial charge in [0.05, 0.1) is 12.6 Å². The van der Waals surface area contributed by atoms with Crippen molar-refractivity contribution in [3.8, 4) is 0 Å². The lowest BCUT2D eigenvalue weighted by atomic mass is 9.92. The molecule has 3 nitrogen and oxygen atoms in total. The zero-order chi connectivity index (χ0) is 9.35. The molecule has 1 heterocycles. The third-order valence-electron chi connectivity index (χ3n) is 2.11. The summed E-state index contributed by atoms with van der Waals surface area (Å²) in [6.07, 6.45) is -0.169. The number of nitrogens with zero attached hydrogens (tertiary/aromatic N) is 1. The van der Waals surface area contributed by atoms with Crippen LogP contribution in [0.3, 0.4) is 0 Å². The summed E-state index contributed by atoms with van der Waals surface area (Å²) in [5, 5.41) is 0. The molecule has 70 valence electrons. The van der Waals surface area contributed by atoms with Crippen LogP contribution in [0.4, 0.5) is 4.79 Å². The van der Waals surface area contributed by atoms with Gasteiger partial charge in [-0.25, -0.2) is 4.79 Å². The van der Waals surface area contributed by atoms with Crippen molar-refractivity contribution in [2.24, 2.45) is 5.41 Å². The average molecular weight is 171 g/mol. The van der Waals surface area contributed by atoms with Gasteiger partial charge in [-0.05, 0) is 12.3 Å². The highest BCUT2D eigenvalue weighted by Gasteiger charge is 2.46. The van der Waals surface area contributed by atoms with Crippen LogP contribution in [0.2, 0.25) is 0 Å². The smallest absolute Gasteiger partial charge is 0.410 e. The molecule has 1 fully saturated rings. The van der Waals surface area contributed by atoms with E-state index < -0.39 is 0 Å². The van der Waals surface area contributed by atoms with E-state index in [0.29, 0.717) is 12.6 Å². The summed E-state index contributed by atoms with van der Waals surface area (Å²) in [5.74, 6) is 0. The first-order valence-electron chi connectivity index (χ1n) is 4.40. The van der Waals surface area contributed by atoms with Crippen LogP contribution in [0.5, 0.6) is 0 Å². The van der Waals surface area contributed by atoms with Crippen LogP contribution in [-0.4, -0.2) is 30.2 Å². The molecule has 0 aliphatic carbocycles. The molecule has 1 saturated heterocycles. The molecule has 0 bridgehead atoms. The van der Waals surface area contributed by atoms with E-state index in [1.54, 1.807) is 4.90 Å². The third-order valence-corrected chi connectivity index (χ3v) is 2.11. The summed E-state index contributed by atoms with van der Waals surface area (Å²) in [5.41, 5.74) is 0.187. The van der Waals surface area contributed by atoms with Gasteiger partial charge in [-0.15, -0.1) is 0 Å². The highest BCUT2D eigenvalue weighted by molar-refractivity contribution is 5.71. The van der Waals surface area contributed by atoms with E-state index in [0.717, 1.165) is 6.54 Å². The van der Waals surface area contributed by atoms with Gasteiger partial charge >= 0.3 is 6.09 Å². The van der Waals surface area contributed by atoms with Crippen LogP contribution in [0.1, 0.15) is 27.7 Å². The van der Waals surface area contributed by atoms with Crippen LogP contribution < -0.4 is 0 Å². The van der Waals surface area contributed by atoms with Crippen molar-refractivity contribution in [2.75, 3.05) is 13.2 Å². The maximum absolute atomic E-state index is 11.2. The molecule has 1 unspecified atom stereocenters. The molecular weight excluding hydrogens is 154 g/mol. The number of carbonyl (C=O) groups is 1. The van der Waals surface area contributed by atoms with Crippen LogP contribution >= 0.6 is 0 Å². The molecule has 3 heteroatoms. The van der Waals surface area contributed by atoms with Crippen LogP contribution in [-0.2, 0) is 4.74 Å². The van der Waals surface area contributed by atoms with Crippen molar-refractivity contribution in [3.05, 3.63) is 0 Å². The van der Waals surface area contributed by atoms with Gasteiger partial charge < -0.3 is 9.64 Å². The fourth-order valence-corrected chi connectivity index (χ4v) is 1.29. The van der Waals surface area contributed by atoms with Crippen molar-refractivity contribution in [3.63, 3.8) is 0 Å². The van der Waals surface area contributed by atoms with Crippen molar-refractivity contribution in [2.45, 2.75) is 33.7 Å². The Bertz CT molecular complexity index is 183. The average Bonchev–Trinajstić information content (AvgIpc) is 2.62. The minimum Gasteiger partial charge on any atom is -0.450 e. The Morgan fingerprint density at radius 2 is 2.17 bits per heavy atom. The zero-order valence-corrected chi connectivity index (χ0v) is 8.26. The Morgan fingerprint density at radius 1 is 1.58 bits per heavy atom. The lowest BCUT2D eigenvalue weighted by Crippen LogP contribution is -2.23. The predicted molar refractivity (Wildman–Crippen MR) is 47.0 cm³/mol. The number of amides is 1. The van der Waals surface area contributed by atoms with Gasteiger partial charge in [-0.3, -0.25) is 0 Å². The van der Waals surface area contributed by atoms with E-state index in [1.807, 2.05) is 6.92 Å². The molecule has 0 aromatic heterocycles. The minimum absolute atomic E-state index is 0.169. The standard InChI is InChI=1S/C9H17NO2/c1-5-12-8(11)10-6-7(10)9(2,3)4/h7H,5-6H2,1-4H3.